The molecule has 0 unspecified atom stereocenters. The van der Waals surface area contributed by atoms with Gasteiger partial charge in [-0.1, -0.05) is 45.7 Å². The number of pyridine rings is 1. The first-order chi connectivity index (χ1) is 9.08. The molecule has 6 heteroatoms. The number of carbonyl (C=O) groups is 1. The van der Waals surface area contributed by atoms with Crippen LogP contribution in [-0.2, 0) is 6.54 Å². The first-order valence-electron chi connectivity index (χ1n) is 5.45. The molecule has 0 amide bonds. The van der Waals surface area contributed by atoms with Crippen LogP contribution in [0.1, 0.15) is 15.9 Å². The standard InChI is InChI=1S/C13H10BrClN2O2/c14-10-4-2-1-3-8(10)7-16-12-9(13(18)19)5-6-11(15)17-12/h1-6H,7H2,(H,16,17)(H,18,19). The Labute approximate surface area is 123 Å². The van der Waals surface area contributed by atoms with E-state index in [-0.39, 0.29) is 16.5 Å². The summed E-state index contributed by atoms with van der Waals surface area (Å²) in [4.78, 5) is 15.1. The zero-order chi connectivity index (χ0) is 13.8. The molecule has 0 atom stereocenters. The van der Waals surface area contributed by atoms with Gasteiger partial charge < -0.3 is 10.4 Å². The number of nitrogens with zero attached hydrogens (tertiary/aromatic N) is 1. The van der Waals surface area contributed by atoms with Gasteiger partial charge in [0.25, 0.3) is 0 Å². The fourth-order valence-corrected chi connectivity index (χ4v) is 2.14. The predicted octanol–water partition coefficient (Wildman–Crippen LogP) is 3.81. The molecule has 0 radical (unpaired) electrons. The van der Waals surface area contributed by atoms with Gasteiger partial charge in [-0.05, 0) is 23.8 Å². The highest BCUT2D eigenvalue weighted by atomic mass is 79.9. The summed E-state index contributed by atoms with van der Waals surface area (Å²) < 4.78 is 0.946. The van der Waals surface area contributed by atoms with Crippen molar-refractivity contribution in [2.45, 2.75) is 6.54 Å². The average Bonchev–Trinajstić information content (AvgIpc) is 2.37. The van der Waals surface area contributed by atoms with E-state index in [2.05, 4.69) is 26.2 Å². The monoisotopic (exact) mass is 340 g/mol. The minimum absolute atomic E-state index is 0.0939. The maximum atomic E-state index is 11.1. The first kappa shape index (κ1) is 13.8. The van der Waals surface area contributed by atoms with Gasteiger partial charge in [0, 0.05) is 11.0 Å². The second-order valence-electron chi connectivity index (χ2n) is 3.78. The lowest BCUT2D eigenvalue weighted by molar-refractivity contribution is 0.0697. The summed E-state index contributed by atoms with van der Waals surface area (Å²) in [5.74, 6) is -0.783. The van der Waals surface area contributed by atoms with Crippen molar-refractivity contribution in [2.75, 3.05) is 5.32 Å². The molecule has 0 saturated carbocycles. The van der Waals surface area contributed by atoms with Gasteiger partial charge in [-0.2, -0.15) is 0 Å². The molecule has 98 valence electrons. The SMILES string of the molecule is O=C(O)c1ccc(Cl)nc1NCc1ccccc1Br. The summed E-state index contributed by atoms with van der Waals surface area (Å²) >= 11 is 9.21. The van der Waals surface area contributed by atoms with Crippen LogP contribution in [0.5, 0.6) is 0 Å². The Balaban J connectivity index is 2.22. The largest absolute Gasteiger partial charge is 0.478 e. The molecule has 2 aromatic rings. The average molecular weight is 342 g/mol. The first-order valence-corrected chi connectivity index (χ1v) is 6.62. The maximum absolute atomic E-state index is 11.1. The molecule has 2 rings (SSSR count). The van der Waals surface area contributed by atoms with Gasteiger partial charge in [0.05, 0.1) is 0 Å². The Kier molecular flexibility index (Phi) is 4.39. The van der Waals surface area contributed by atoms with E-state index >= 15 is 0 Å². The maximum Gasteiger partial charge on any atom is 0.339 e. The zero-order valence-corrected chi connectivity index (χ0v) is 12.1. The Bertz CT molecular complexity index is 619. The van der Waals surface area contributed by atoms with Crippen molar-refractivity contribution in [1.29, 1.82) is 0 Å². The molecule has 0 aliphatic heterocycles. The molecule has 1 aromatic carbocycles. The number of carboxylic acids is 1. The van der Waals surface area contributed by atoms with Gasteiger partial charge in [-0.15, -0.1) is 0 Å². The van der Waals surface area contributed by atoms with Crippen molar-refractivity contribution in [3.05, 3.63) is 57.2 Å². The second-order valence-corrected chi connectivity index (χ2v) is 5.02. The molecule has 1 heterocycles. The van der Waals surface area contributed by atoms with Crippen LogP contribution in [0.15, 0.2) is 40.9 Å². The molecule has 2 N–H and O–H groups in total. The van der Waals surface area contributed by atoms with Crippen LogP contribution in [0, 0.1) is 0 Å². The summed E-state index contributed by atoms with van der Waals surface area (Å²) in [7, 11) is 0. The molecule has 19 heavy (non-hydrogen) atoms. The van der Waals surface area contributed by atoms with Crippen molar-refractivity contribution >= 4 is 39.3 Å². The second kappa shape index (κ2) is 6.04. The van der Waals surface area contributed by atoms with E-state index in [1.807, 2.05) is 24.3 Å². The Morgan fingerprint density at radius 2 is 2.05 bits per heavy atom. The van der Waals surface area contributed by atoms with Crippen LogP contribution in [0.2, 0.25) is 5.15 Å². The van der Waals surface area contributed by atoms with E-state index in [4.69, 9.17) is 16.7 Å². The molecule has 0 spiro atoms. The van der Waals surface area contributed by atoms with Gasteiger partial charge in [-0.3, -0.25) is 0 Å². The Morgan fingerprint density at radius 3 is 2.74 bits per heavy atom. The van der Waals surface area contributed by atoms with Gasteiger partial charge in [0.2, 0.25) is 0 Å². The normalized spacial score (nSPS) is 10.2. The van der Waals surface area contributed by atoms with Crippen LogP contribution >= 0.6 is 27.5 Å². The van der Waals surface area contributed by atoms with Gasteiger partial charge >= 0.3 is 5.97 Å². The molecular weight excluding hydrogens is 332 g/mol. The topological polar surface area (TPSA) is 62.2 Å². The number of rotatable bonds is 4. The highest BCUT2D eigenvalue weighted by Crippen LogP contribution is 2.20. The third-order valence-corrected chi connectivity index (χ3v) is 3.48. The van der Waals surface area contributed by atoms with Crippen molar-refractivity contribution in [3.63, 3.8) is 0 Å². The lowest BCUT2D eigenvalue weighted by Crippen LogP contribution is -2.08. The lowest BCUT2D eigenvalue weighted by atomic mass is 10.2. The molecule has 0 saturated heterocycles. The lowest BCUT2D eigenvalue weighted by Gasteiger charge is -2.10. The predicted molar refractivity (Wildman–Crippen MR) is 77.7 cm³/mol. The van der Waals surface area contributed by atoms with E-state index in [9.17, 15) is 4.79 Å². The minimum Gasteiger partial charge on any atom is -0.478 e. The van der Waals surface area contributed by atoms with Gasteiger partial charge in [0.15, 0.2) is 0 Å². The van der Waals surface area contributed by atoms with Crippen LogP contribution in [0.4, 0.5) is 5.82 Å². The number of hydrogen-bond donors (Lipinski definition) is 2. The molecule has 0 aliphatic rings. The molecule has 0 bridgehead atoms. The summed E-state index contributed by atoms with van der Waals surface area (Å²) in [5, 5.41) is 12.3. The van der Waals surface area contributed by atoms with E-state index in [1.165, 1.54) is 12.1 Å². The fourth-order valence-electron chi connectivity index (χ4n) is 1.56. The summed E-state index contributed by atoms with van der Waals surface area (Å²) in [5.41, 5.74) is 1.09. The van der Waals surface area contributed by atoms with Crippen molar-refractivity contribution in [1.82, 2.24) is 4.98 Å². The molecule has 4 nitrogen and oxygen atoms in total. The molecular formula is C13H10BrClN2O2. The number of aromatic nitrogens is 1. The van der Waals surface area contributed by atoms with Gasteiger partial charge in [0.1, 0.15) is 16.5 Å². The number of halogens is 2. The molecule has 0 fully saturated rings. The van der Waals surface area contributed by atoms with Crippen LogP contribution in [0.3, 0.4) is 0 Å². The van der Waals surface area contributed by atoms with Crippen molar-refractivity contribution < 1.29 is 9.90 Å². The Hall–Kier alpha value is -1.59. The van der Waals surface area contributed by atoms with Crippen LogP contribution in [-0.4, -0.2) is 16.1 Å². The highest BCUT2D eigenvalue weighted by molar-refractivity contribution is 9.10. The zero-order valence-electron chi connectivity index (χ0n) is 9.73. The highest BCUT2D eigenvalue weighted by Gasteiger charge is 2.12. The molecule has 1 aromatic heterocycles. The fraction of sp³-hybridized carbons (Fsp3) is 0.0769. The van der Waals surface area contributed by atoms with E-state index < -0.39 is 5.97 Å². The van der Waals surface area contributed by atoms with Crippen LogP contribution in [0.25, 0.3) is 0 Å². The van der Waals surface area contributed by atoms with Crippen molar-refractivity contribution in [3.8, 4) is 0 Å². The number of aromatic carboxylic acids is 1. The number of carboxylic acid groups (broad SMARTS) is 1. The number of benzene rings is 1. The Morgan fingerprint density at radius 1 is 1.32 bits per heavy atom. The smallest absolute Gasteiger partial charge is 0.339 e. The van der Waals surface area contributed by atoms with Crippen LogP contribution < -0.4 is 5.32 Å². The van der Waals surface area contributed by atoms with E-state index in [0.29, 0.717) is 6.54 Å². The third kappa shape index (κ3) is 3.45. The third-order valence-electron chi connectivity index (χ3n) is 2.50. The summed E-state index contributed by atoms with van der Waals surface area (Å²) in [6, 6.07) is 10.6. The van der Waals surface area contributed by atoms with Gasteiger partial charge in [-0.25, -0.2) is 9.78 Å². The molecule has 0 aliphatic carbocycles. The number of hydrogen-bond acceptors (Lipinski definition) is 3. The summed E-state index contributed by atoms with van der Waals surface area (Å²) in [6.45, 7) is 0.453. The van der Waals surface area contributed by atoms with E-state index in [0.717, 1.165) is 10.0 Å². The minimum atomic E-state index is -1.04. The quantitative estimate of drug-likeness (QED) is 0.830. The van der Waals surface area contributed by atoms with Crippen molar-refractivity contribution in [2.24, 2.45) is 0 Å². The number of nitrogens with one attached hydrogen (secondary N) is 1. The number of anilines is 1. The summed E-state index contributed by atoms with van der Waals surface area (Å²) in [6.07, 6.45) is 0. The van der Waals surface area contributed by atoms with E-state index in [1.54, 1.807) is 0 Å².